The summed E-state index contributed by atoms with van der Waals surface area (Å²) in [6.07, 6.45) is 4.27. The molecule has 6 nitrogen and oxygen atoms in total. The number of imide groups is 1. The molecule has 2 aliphatic rings. The number of amides is 4. The number of likely N-dealkylation sites (tertiary alicyclic amines) is 1. The lowest BCUT2D eigenvalue weighted by Gasteiger charge is -2.23. The first-order valence-electron chi connectivity index (χ1n) is 6.84. The molecule has 0 aliphatic carbocycles. The van der Waals surface area contributed by atoms with Gasteiger partial charge in [-0.2, -0.15) is 0 Å². The van der Waals surface area contributed by atoms with Crippen LogP contribution in [0.2, 0.25) is 0 Å². The van der Waals surface area contributed by atoms with Crippen LogP contribution in [0.3, 0.4) is 0 Å². The summed E-state index contributed by atoms with van der Waals surface area (Å²) in [6.45, 7) is 4.60. The van der Waals surface area contributed by atoms with Crippen molar-refractivity contribution >= 4 is 17.8 Å². The average molecular weight is 267 g/mol. The highest BCUT2D eigenvalue weighted by molar-refractivity contribution is 6.08. The number of nitrogens with zero attached hydrogens (tertiary/aromatic N) is 2. The van der Waals surface area contributed by atoms with E-state index in [0.29, 0.717) is 0 Å². The van der Waals surface area contributed by atoms with Gasteiger partial charge in [-0.05, 0) is 26.7 Å². The van der Waals surface area contributed by atoms with Gasteiger partial charge in [-0.3, -0.25) is 14.5 Å². The largest absolute Gasteiger partial charge is 0.341 e. The van der Waals surface area contributed by atoms with Crippen molar-refractivity contribution < 1.29 is 14.4 Å². The van der Waals surface area contributed by atoms with Crippen molar-refractivity contribution in [3.05, 3.63) is 0 Å². The second-order valence-corrected chi connectivity index (χ2v) is 5.74. The van der Waals surface area contributed by atoms with Crippen LogP contribution >= 0.6 is 0 Å². The van der Waals surface area contributed by atoms with Crippen molar-refractivity contribution in [3.63, 3.8) is 0 Å². The molecule has 0 unspecified atom stereocenters. The smallest absolute Gasteiger partial charge is 0.325 e. The highest BCUT2D eigenvalue weighted by atomic mass is 16.2. The Labute approximate surface area is 113 Å². The van der Waals surface area contributed by atoms with Crippen LogP contribution in [0.25, 0.3) is 0 Å². The number of carbonyl (C=O) groups is 3. The average Bonchev–Trinajstić information content (AvgIpc) is 2.58. The van der Waals surface area contributed by atoms with Crippen LogP contribution in [0.4, 0.5) is 4.79 Å². The second-order valence-electron chi connectivity index (χ2n) is 5.74. The van der Waals surface area contributed by atoms with E-state index in [9.17, 15) is 14.4 Å². The third-order valence-electron chi connectivity index (χ3n) is 3.70. The molecule has 0 aromatic rings. The van der Waals surface area contributed by atoms with Gasteiger partial charge in [0.05, 0.1) is 0 Å². The molecule has 0 aromatic carbocycles. The molecule has 0 bridgehead atoms. The number of carbonyl (C=O) groups excluding carboxylic acids is 3. The molecule has 6 heteroatoms. The molecule has 19 heavy (non-hydrogen) atoms. The standard InChI is InChI=1S/C13H21N3O3/c1-13(2)11(18)16(12(19)14-13)9-10(17)15-7-5-3-4-6-8-15/h3-9H2,1-2H3,(H,14,19). The summed E-state index contributed by atoms with van der Waals surface area (Å²) in [4.78, 5) is 38.7. The molecular weight excluding hydrogens is 246 g/mol. The zero-order valence-electron chi connectivity index (χ0n) is 11.6. The van der Waals surface area contributed by atoms with Crippen LogP contribution in [0.1, 0.15) is 39.5 Å². The van der Waals surface area contributed by atoms with Crippen molar-refractivity contribution in [2.45, 2.75) is 45.1 Å². The Morgan fingerprint density at radius 2 is 1.74 bits per heavy atom. The summed E-state index contributed by atoms with van der Waals surface area (Å²) < 4.78 is 0. The minimum Gasteiger partial charge on any atom is -0.341 e. The summed E-state index contributed by atoms with van der Waals surface area (Å²) in [5.74, 6) is -0.469. The van der Waals surface area contributed by atoms with Crippen LogP contribution in [0, 0.1) is 0 Å². The highest BCUT2D eigenvalue weighted by Crippen LogP contribution is 2.17. The first-order chi connectivity index (χ1) is 8.92. The summed E-state index contributed by atoms with van der Waals surface area (Å²) in [5, 5.41) is 2.58. The summed E-state index contributed by atoms with van der Waals surface area (Å²) in [7, 11) is 0. The van der Waals surface area contributed by atoms with E-state index in [2.05, 4.69) is 5.32 Å². The fraction of sp³-hybridized carbons (Fsp3) is 0.769. The van der Waals surface area contributed by atoms with E-state index in [1.807, 2.05) is 0 Å². The van der Waals surface area contributed by atoms with Crippen LogP contribution in [-0.4, -0.2) is 52.8 Å². The third-order valence-corrected chi connectivity index (χ3v) is 3.70. The van der Waals surface area contributed by atoms with Crippen molar-refractivity contribution in [1.29, 1.82) is 0 Å². The van der Waals surface area contributed by atoms with E-state index in [1.54, 1.807) is 18.7 Å². The molecule has 2 aliphatic heterocycles. The first-order valence-corrected chi connectivity index (χ1v) is 6.84. The van der Waals surface area contributed by atoms with E-state index in [-0.39, 0.29) is 18.4 Å². The molecular formula is C13H21N3O3. The van der Waals surface area contributed by atoms with Gasteiger partial charge in [-0.1, -0.05) is 12.8 Å². The van der Waals surface area contributed by atoms with Crippen LogP contribution in [0.15, 0.2) is 0 Å². The van der Waals surface area contributed by atoms with Crippen molar-refractivity contribution in [1.82, 2.24) is 15.1 Å². The van der Waals surface area contributed by atoms with Gasteiger partial charge in [0.1, 0.15) is 12.1 Å². The Hall–Kier alpha value is -1.59. The SMILES string of the molecule is CC1(C)NC(=O)N(CC(=O)N2CCCCCC2)C1=O. The Bertz CT molecular complexity index is 398. The van der Waals surface area contributed by atoms with Crippen molar-refractivity contribution in [3.8, 4) is 0 Å². The Morgan fingerprint density at radius 3 is 2.21 bits per heavy atom. The van der Waals surface area contributed by atoms with Gasteiger partial charge in [0.25, 0.3) is 5.91 Å². The number of hydrogen-bond acceptors (Lipinski definition) is 3. The fourth-order valence-corrected chi connectivity index (χ4v) is 2.52. The Morgan fingerprint density at radius 1 is 1.16 bits per heavy atom. The maximum Gasteiger partial charge on any atom is 0.325 e. The van der Waals surface area contributed by atoms with E-state index in [1.165, 1.54) is 0 Å². The predicted octanol–water partition coefficient (Wildman–Crippen LogP) is 0.719. The molecule has 0 aromatic heterocycles. The minimum absolute atomic E-state index is 0.136. The number of urea groups is 1. The molecule has 106 valence electrons. The lowest BCUT2D eigenvalue weighted by Crippen LogP contribution is -2.44. The maximum atomic E-state index is 12.2. The molecule has 0 atom stereocenters. The highest BCUT2D eigenvalue weighted by Gasteiger charge is 2.45. The van der Waals surface area contributed by atoms with Gasteiger partial charge in [0.2, 0.25) is 5.91 Å². The monoisotopic (exact) mass is 267 g/mol. The molecule has 0 saturated carbocycles. The number of rotatable bonds is 2. The van der Waals surface area contributed by atoms with Gasteiger partial charge < -0.3 is 10.2 Å². The number of nitrogens with one attached hydrogen (secondary N) is 1. The van der Waals surface area contributed by atoms with E-state index in [0.717, 1.165) is 43.7 Å². The lowest BCUT2D eigenvalue weighted by molar-refractivity contribution is -0.138. The maximum absolute atomic E-state index is 12.2. The predicted molar refractivity (Wildman–Crippen MR) is 69.4 cm³/mol. The molecule has 1 N–H and O–H groups in total. The van der Waals surface area contributed by atoms with Gasteiger partial charge in [-0.15, -0.1) is 0 Å². The molecule has 2 fully saturated rings. The van der Waals surface area contributed by atoms with Gasteiger partial charge in [-0.25, -0.2) is 4.79 Å². The normalized spacial score (nSPS) is 23.3. The number of hydrogen-bond donors (Lipinski definition) is 1. The lowest BCUT2D eigenvalue weighted by atomic mass is 10.1. The summed E-state index contributed by atoms with van der Waals surface area (Å²) >= 11 is 0. The molecule has 0 spiro atoms. The fourth-order valence-electron chi connectivity index (χ4n) is 2.52. The molecule has 2 heterocycles. The van der Waals surface area contributed by atoms with E-state index >= 15 is 0 Å². The quantitative estimate of drug-likeness (QED) is 0.749. The third kappa shape index (κ3) is 2.88. The van der Waals surface area contributed by atoms with E-state index < -0.39 is 11.6 Å². The summed E-state index contributed by atoms with van der Waals surface area (Å²) in [6, 6.07) is -0.474. The van der Waals surface area contributed by atoms with Gasteiger partial charge in [0.15, 0.2) is 0 Å². The zero-order valence-corrected chi connectivity index (χ0v) is 11.6. The van der Waals surface area contributed by atoms with E-state index in [4.69, 9.17) is 0 Å². The Balaban J connectivity index is 1.98. The van der Waals surface area contributed by atoms with Crippen LogP contribution in [0.5, 0.6) is 0 Å². The topological polar surface area (TPSA) is 69.7 Å². The van der Waals surface area contributed by atoms with Gasteiger partial charge >= 0.3 is 6.03 Å². The van der Waals surface area contributed by atoms with Crippen molar-refractivity contribution in [2.24, 2.45) is 0 Å². The molecule has 4 amide bonds. The first kappa shape index (κ1) is 13.8. The zero-order chi connectivity index (χ0) is 14.0. The van der Waals surface area contributed by atoms with Crippen molar-refractivity contribution in [2.75, 3.05) is 19.6 Å². The summed E-state index contributed by atoms with van der Waals surface area (Å²) in [5.41, 5.74) is -0.907. The molecule has 0 radical (unpaired) electrons. The van der Waals surface area contributed by atoms with Gasteiger partial charge in [0, 0.05) is 13.1 Å². The minimum atomic E-state index is -0.907. The second kappa shape index (κ2) is 5.19. The van der Waals surface area contributed by atoms with Crippen LogP contribution in [-0.2, 0) is 9.59 Å². The Kier molecular flexibility index (Phi) is 3.78. The molecule has 2 saturated heterocycles. The van der Waals surface area contributed by atoms with Crippen LogP contribution < -0.4 is 5.32 Å². The molecule has 2 rings (SSSR count).